The quantitative estimate of drug-likeness (QED) is 0.769. The molecule has 1 rings (SSSR count). The first-order valence-corrected chi connectivity index (χ1v) is 6.22. The van der Waals surface area contributed by atoms with E-state index in [9.17, 15) is 9.90 Å². The summed E-state index contributed by atoms with van der Waals surface area (Å²) in [7, 11) is 0. The molecule has 0 spiro atoms. The van der Waals surface area contributed by atoms with Crippen LogP contribution in [0.2, 0.25) is 0 Å². The van der Waals surface area contributed by atoms with Crippen molar-refractivity contribution in [3.8, 4) is 0 Å². The van der Waals surface area contributed by atoms with E-state index in [2.05, 4.69) is 0 Å². The van der Waals surface area contributed by atoms with Crippen LogP contribution in [0, 0.1) is 0 Å². The molecule has 1 unspecified atom stereocenters. The molecule has 0 amide bonds. The van der Waals surface area contributed by atoms with Gasteiger partial charge in [0.1, 0.15) is 0 Å². The summed E-state index contributed by atoms with van der Waals surface area (Å²) in [6.45, 7) is 1.99. The fraction of sp³-hybridized carbons (Fsp3) is 0.462. The van der Waals surface area contributed by atoms with Gasteiger partial charge in [-0.1, -0.05) is 25.1 Å². The SMILES string of the molecule is CCc1ccc(CCCCl)c(C(O)C(=O)O)c1. The lowest BCUT2D eigenvalue weighted by atomic mass is 9.95. The van der Waals surface area contributed by atoms with E-state index in [0.29, 0.717) is 17.9 Å². The molecule has 0 aliphatic heterocycles. The van der Waals surface area contributed by atoms with Gasteiger partial charge in [0.05, 0.1) is 0 Å². The zero-order valence-corrected chi connectivity index (χ0v) is 10.6. The van der Waals surface area contributed by atoms with Crippen molar-refractivity contribution in [1.29, 1.82) is 0 Å². The molecule has 0 fully saturated rings. The van der Waals surface area contributed by atoms with Crippen molar-refractivity contribution in [2.24, 2.45) is 0 Å². The Morgan fingerprint density at radius 3 is 2.71 bits per heavy atom. The van der Waals surface area contributed by atoms with Crippen molar-refractivity contribution < 1.29 is 15.0 Å². The number of carbonyl (C=O) groups is 1. The molecular formula is C13H17ClO3. The van der Waals surface area contributed by atoms with Crippen LogP contribution < -0.4 is 0 Å². The molecule has 3 nitrogen and oxygen atoms in total. The highest BCUT2D eigenvalue weighted by molar-refractivity contribution is 6.17. The smallest absolute Gasteiger partial charge is 0.337 e. The van der Waals surface area contributed by atoms with Crippen LogP contribution in [0.15, 0.2) is 18.2 Å². The predicted octanol–water partition coefficient (Wildman–Crippen LogP) is 2.54. The average molecular weight is 257 g/mol. The van der Waals surface area contributed by atoms with Gasteiger partial charge in [0, 0.05) is 5.88 Å². The van der Waals surface area contributed by atoms with Crippen molar-refractivity contribution in [3.63, 3.8) is 0 Å². The number of rotatable bonds is 6. The summed E-state index contributed by atoms with van der Waals surface area (Å²) in [5, 5.41) is 18.5. The second-order valence-corrected chi connectivity index (χ2v) is 4.30. The van der Waals surface area contributed by atoms with E-state index in [1.54, 1.807) is 6.07 Å². The van der Waals surface area contributed by atoms with Crippen LogP contribution in [0.1, 0.15) is 36.1 Å². The molecule has 0 aromatic heterocycles. The van der Waals surface area contributed by atoms with Gasteiger partial charge in [-0.2, -0.15) is 0 Å². The summed E-state index contributed by atoms with van der Waals surface area (Å²) >= 11 is 5.63. The fourth-order valence-corrected chi connectivity index (χ4v) is 1.87. The van der Waals surface area contributed by atoms with Crippen LogP contribution in [0.25, 0.3) is 0 Å². The molecule has 1 aromatic rings. The van der Waals surface area contributed by atoms with Gasteiger partial charge in [-0.05, 0) is 36.0 Å². The number of alkyl halides is 1. The van der Waals surface area contributed by atoms with Gasteiger partial charge in [-0.15, -0.1) is 11.6 Å². The first kappa shape index (κ1) is 14.0. The lowest BCUT2D eigenvalue weighted by Gasteiger charge is -2.13. The lowest BCUT2D eigenvalue weighted by Crippen LogP contribution is -2.13. The van der Waals surface area contributed by atoms with E-state index in [0.717, 1.165) is 24.0 Å². The summed E-state index contributed by atoms with van der Waals surface area (Å²) in [5.74, 6) is -0.691. The average Bonchev–Trinajstić information content (AvgIpc) is 2.35. The zero-order valence-electron chi connectivity index (χ0n) is 9.82. The van der Waals surface area contributed by atoms with Gasteiger partial charge in [0.2, 0.25) is 0 Å². The second-order valence-electron chi connectivity index (χ2n) is 3.92. The number of carboxylic acids is 1. The van der Waals surface area contributed by atoms with Gasteiger partial charge < -0.3 is 10.2 Å². The maximum absolute atomic E-state index is 10.8. The van der Waals surface area contributed by atoms with Crippen molar-refractivity contribution in [2.45, 2.75) is 32.3 Å². The Kier molecular flexibility index (Phi) is 5.45. The Morgan fingerprint density at radius 1 is 1.47 bits per heavy atom. The minimum absolute atomic E-state index is 0.488. The summed E-state index contributed by atoms with van der Waals surface area (Å²) in [4.78, 5) is 10.8. The van der Waals surface area contributed by atoms with E-state index < -0.39 is 12.1 Å². The lowest BCUT2D eigenvalue weighted by molar-refractivity contribution is -0.147. The number of aliphatic carboxylic acids is 1. The topological polar surface area (TPSA) is 57.5 Å². The number of benzene rings is 1. The molecule has 0 radical (unpaired) electrons. The van der Waals surface area contributed by atoms with Gasteiger partial charge in [0.25, 0.3) is 0 Å². The largest absolute Gasteiger partial charge is 0.479 e. The molecule has 0 aliphatic carbocycles. The highest BCUT2D eigenvalue weighted by Crippen LogP contribution is 2.22. The second kappa shape index (κ2) is 6.62. The number of hydrogen-bond acceptors (Lipinski definition) is 2. The van der Waals surface area contributed by atoms with Crippen molar-refractivity contribution in [1.82, 2.24) is 0 Å². The molecule has 0 heterocycles. The maximum Gasteiger partial charge on any atom is 0.337 e. The van der Waals surface area contributed by atoms with E-state index in [-0.39, 0.29) is 0 Å². The standard InChI is InChI=1S/C13H17ClO3/c1-2-9-5-6-10(4-3-7-14)11(8-9)12(15)13(16)17/h5-6,8,12,15H,2-4,7H2,1H3,(H,16,17). The minimum Gasteiger partial charge on any atom is -0.479 e. The Balaban J connectivity index is 3.06. The monoisotopic (exact) mass is 256 g/mol. The third kappa shape index (κ3) is 3.72. The number of aliphatic hydroxyl groups excluding tert-OH is 1. The van der Waals surface area contributed by atoms with E-state index in [1.165, 1.54) is 0 Å². The highest BCUT2D eigenvalue weighted by Gasteiger charge is 2.19. The summed E-state index contributed by atoms with van der Waals surface area (Å²) < 4.78 is 0. The Hall–Kier alpha value is -1.06. The molecule has 0 aliphatic rings. The molecule has 94 valence electrons. The maximum atomic E-state index is 10.8. The molecule has 0 saturated carbocycles. The van der Waals surface area contributed by atoms with Gasteiger partial charge in [-0.25, -0.2) is 4.79 Å². The third-order valence-corrected chi connectivity index (χ3v) is 2.99. The Bertz CT molecular complexity index is 390. The van der Waals surface area contributed by atoms with Crippen LogP contribution in [0.5, 0.6) is 0 Å². The van der Waals surface area contributed by atoms with Crippen LogP contribution in [0.3, 0.4) is 0 Å². The highest BCUT2D eigenvalue weighted by atomic mass is 35.5. The molecular weight excluding hydrogens is 240 g/mol. The first-order valence-electron chi connectivity index (χ1n) is 5.68. The van der Waals surface area contributed by atoms with Crippen molar-refractivity contribution in [2.75, 3.05) is 5.88 Å². The van der Waals surface area contributed by atoms with Crippen LogP contribution in [-0.4, -0.2) is 22.1 Å². The number of carboxylic acid groups (broad SMARTS) is 1. The van der Waals surface area contributed by atoms with Gasteiger partial charge >= 0.3 is 5.97 Å². The molecule has 0 saturated heterocycles. The van der Waals surface area contributed by atoms with Crippen molar-refractivity contribution in [3.05, 3.63) is 34.9 Å². The Labute approximate surface area is 106 Å². The van der Waals surface area contributed by atoms with Crippen LogP contribution >= 0.6 is 11.6 Å². The normalized spacial score (nSPS) is 12.4. The molecule has 1 atom stereocenters. The third-order valence-electron chi connectivity index (χ3n) is 2.73. The van der Waals surface area contributed by atoms with Crippen LogP contribution in [-0.2, 0) is 17.6 Å². The van der Waals surface area contributed by atoms with E-state index in [4.69, 9.17) is 16.7 Å². The predicted molar refractivity (Wildman–Crippen MR) is 67.5 cm³/mol. The zero-order chi connectivity index (χ0) is 12.8. The summed E-state index contributed by atoms with van der Waals surface area (Å²) in [6.07, 6.45) is 0.820. The fourth-order valence-electron chi connectivity index (χ4n) is 1.74. The van der Waals surface area contributed by atoms with Crippen LogP contribution in [0.4, 0.5) is 0 Å². The van der Waals surface area contributed by atoms with Crippen molar-refractivity contribution >= 4 is 17.6 Å². The molecule has 1 aromatic carbocycles. The van der Waals surface area contributed by atoms with Gasteiger partial charge in [-0.3, -0.25) is 0 Å². The Morgan fingerprint density at radius 2 is 2.18 bits per heavy atom. The van der Waals surface area contributed by atoms with E-state index >= 15 is 0 Å². The first-order chi connectivity index (χ1) is 8.10. The molecule has 4 heteroatoms. The molecule has 2 N–H and O–H groups in total. The number of aliphatic hydroxyl groups is 1. The van der Waals surface area contributed by atoms with E-state index in [1.807, 2.05) is 19.1 Å². The number of aryl methyl sites for hydroxylation is 2. The minimum atomic E-state index is -1.45. The molecule has 0 bridgehead atoms. The number of halogens is 1. The van der Waals surface area contributed by atoms with Gasteiger partial charge in [0.15, 0.2) is 6.10 Å². The summed E-state index contributed by atoms with van der Waals surface area (Å²) in [5.41, 5.74) is 2.37. The number of hydrogen-bond donors (Lipinski definition) is 2. The molecule has 17 heavy (non-hydrogen) atoms. The summed E-state index contributed by atoms with van der Waals surface area (Å²) in [6, 6.07) is 5.61.